The van der Waals surface area contributed by atoms with Crippen LogP contribution in [0.2, 0.25) is 0 Å². The van der Waals surface area contributed by atoms with Crippen molar-refractivity contribution in [1.82, 2.24) is 9.38 Å². The molecule has 3 heterocycles. The van der Waals surface area contributed by atoms with E-state index in [0.717, 1.165) is 18.8 Å². The van der Waals surface area contributed by atoms with Gasteiger partial charge in [-0.1, -0.05) is 12.1 Å². The molecule has 1 fully saturated rings. The van der Waals surface area contributed by atoms with Crippen LogP contribution < -0.4 is 10.5 Å². The minimum absolute atomic E-state index is 0.157. The number of para-hydroxylation sites is 1. The highest BCUT2D eigenvalue weighted by Crippen LogP contribution is 2.24. The fourth-order valence-electron chi connectivity index (χ4n) is 2.98. The van der Waals surface area contributed by atoms with Crippen LogP contribution in [0.4, 0.5) is 5.69 Å². The van der Waals surface area contributed by atoms with Gasteiger partial charge in [-0.15, -0.1) is 0 Å². The van der Waals surface area contributed by atoms with Crippen LogP contribution in [-0.2, 0) is 4.74 Å². The summed E-state index contributed by atoms with van der Waals surface area (Å²) < 4.78 is 6.81. The molecular weight excluding hydrogens is 292 g/mol. The predicted molar refractivity (Wildman–Crippen MR) is 86.7 cm³/mol. The fraction of sp³-hybridized carbons (Fsp3) is 0.235. The molecule has 0 amide bonds. The number of pyridine rings is 1. The highest BCUT2D eigenvalue weighted by molar-refractivity contribution is 5.82. The van der Waals surface area contributed by atoms with Crippen molar-refractivity contribution in [1.29, 1.82) is 5.26 Å². The lowest BCUT2D eigenvalue weighted by molar-refractivity contribution is 0.122. The monoisotopic (exact) mass is 306 g/mol. The topological polar surface area (TPSA) is 70.6 Å². The second-order valence-corrected chi connectivity index (χ2v) is 5.41. The van der Waals surface area contributed by atoms with Gasteiger partial charge in [0, 0.05) is 19.3 Å². The summed E-state index contributed by atoms with van der Waals surface area (Å²) in [5.41, 5.74) is 2.08. The summed E-state index contributed by atoms with van der Waals surface area (Å²) in [6.07, 6.45) is 1.70. The highest BCUT2D eigenvalue weighted by atomic mass is 16.5. The van der Waals surface area contributed by atoms with Gasteiger partial charge >= 0.3 is 0 Å². The van der Waals surface area contributed by atoms with Crippen LogP contribution in [0.3, 0.4) is 0 Å². The summed E-state index contributed by atoms with van der Waals surface area (Å²) in [6, 6.07) is 11.2. The zero-order valence-corrected chi connectivity index (χ0v) is 12.4. The van der Waals surface area contributed by atoms with E-state index < -0.39 is 0 Å². The molecule has 6 nitrogen and oxygen atoms in total. The number of nitrogens with zero attached hydrogens (tertiary/aromatic N) is 4. The van der Waals surface area contributed by atoms with E-state index in [1.54, 1.807) is 18.3 Å². The lowest BCUT2D eigenvalue weighted by Crippen LogP contribution is -2.37. The quantitative estimate of drug-likeness (QED) is 0.638. The molecule has 3 aromatic rings. The number of hydrogen-bond donors (Lipinski definition) is 0. The van der Waals surface area contributed by atoms with Crippen molar-refractivity contribution in [3.8, 4) is 6.07 Å². The Labute approximate surface area is 132 Å². The number of benzene rings is 1. The molecule has 6 heteroatoms. The Bertz CT molecular complexity index is 997. The number of aromatic nitrogens is 2. The normalized spacial score (nSPS) is 15.0. The smallest absolute Gasteiger partial charge is 0.265 e. The van der Waals surface area contributed by atoms with Crippen LogP contribution >= 0.6 is 0 Å². The van der Waals surface area contributed by atoms with E-state index in [4.69, 9.17) is 4.74 Å². The fourth-order valence-corrected chi connectivity index (χ4v) is 2.98. The van der Waals surface area contributed by atoms with E-state index in [2.05, 4.69) is 16.0 Å². The molecule has 2 aromatic heterocycles. The van der Waals surface area contributed by atoms with Gasteiger partial charge in [-0.05, 0) is 18.2 Å². The first-order valence-corrected chi connectivity index (χ1v) is 7.46. The third-order valence-electron chi connectivity index (χ3n) is 4.13. The summed E-state index contributed by atoms with van der Waals surface area (Å²) in [5.74, 6) is 0. The molecule has 1 saturated heterocycles. The summed E-state index contributed by atoms with van der Waals surface area (Å²) in [7, 11) is 0. The highest BCUT2D eigenvalue weighted by Gasteiger charge is 2.18. The molecule has 0 aliphatic carbocycles. The summed E-state index contributed by atoms with van der Waals surface area (Å²) in [6.45, 7) is 2.72. The second-order valence-electron chi connectivity index (χ2n) is 5.41. The third kappa shape index (κ3) is 2.14. The van der Waals surface area contributed by atoms with Crippen LogP contribution in [0.25, 0.3) is 16.6 Å². The molecule has 0 N–H and O–H groups in total. The number of anilines is 1. The van der Waals surface area contributed by atoms with Crippen LogP contribution in [0.15, 0.2) is 41.3 Å². The lowest BCUT2D eigenvalue weighted by atomic mass is 10.1. The Morgan fingerprint density at radius 2 is 1.96 bits per heavy atom. The molecule has 114 valence electrons. The Kier molecular flexibility index (Phi) is 3.21. The number of ether oxygens (including phenoxy) is 1. The number of nitriles is 1. The molecule has 0 atom stereocenters. The standard InChI is InChI=1S/C17H14N4O2/c18-11-13-15(20-7-9-23-10-8-20)5-6-21-16(13)19-14-4-2-1-3-12(14)17(21)22/h1-6H,7-10H2. The van der Waals surface area contributed by atoms with E-state index in [1.165, 1.54) is 4.40 Å². The first-order chi connectivity index (χ1) is 11.3. The molecule has 0 bridgehead atoms. The van der Waals surface area contributed by atoms with Crippen molar-refractivity contribution < 1.29 is 4.74 Å². The summed E-state index contributed by atoms with van der Waals surface area (Å²) in [5, 5.41) is 10.2. The maximum absolute atomic E-state index is 12.6. The van der Waals surface area contributed by atoms with Crippen molar-refractivity contribution >= 4 is 22.2 Å². The van der Waals surface area contributed by atoms with Gasteiger partial charge in [-0.2, -0.15) is 5.26 Å². The van der Waals surface area contributed by atoms with Crippen LogP contribution in [0, 0.1) is 11.3 Å². The Morgan fingerprint density at radius 3 is 2.74 bits per heavy atom. The maximum Gasteiger partial charge on any atom is 0.265 e. The first-order valence-electron chi connectivity index (χ1n) is 7.46. The van der Waals surface area contributed by atoms with Crippen LogP contribution in [0.1, 0.15) is 5.56 Å². The van der Waals surface area contributed by atoms with Gasteiger partial charge in [-0.3, -0.25) is 9.20 Å². The third-order valence-corrected chi connectivity index (χ3v) is 4.13. The molecule has 0 radical (unpaired) electrons. The largest absolute Gasteiger partial charge is 0.378 e. The van der Waals surface area contributed by atoms with E-state index >= 15 is 0 Å². The molecule has 0 unspecified atom stereocenters. The number of hydrogen-bond acceptors (Lipinski definition) is 5. The van der Waals surface area contributed by atoms with E-state index in [9.17, 15) is 10.1 Å². The Hall–Kier alpha value is -2.91. The van der Waals surface area contributed by atoms with Gasteiger partial charge in [-0.25, -0.2) is 4.98 Å². The lowest BCUT2D eigenvalue weighted by Gasteiger charge is -2.29. The SMILES string of the molecule is N#Cc1c(N2CCOCC2)ccn2c(=O)c3ccccc3nc12. The van der Waals surface area contributed by atoms with Gasteiger partial charge in [0.25, 0.3) is 5.56 Å². The number of rotatable bonds is 1. The Balaban J connectivity index is 2.03. The van der Waals surface area contributed by atoms with Crippen LogP contribution in [-0.4, -0.2) is 35.7 Å². The van der Waals surface area contributed by atoms with E-state index in [-0.39, 0.29) is 5.56 Å². The average molecular weight is 306 g/mol. The van der Waals surface area contributed by atoms with E-state index in [1.807, 2.05) is 18.2 Å². The van der Waals surface area contributed by atoms with Gasteiger partial charge in [0.15, 0.2) is 5.65 Å². The maximum atomic E-state index is 12.6. The number of fused-ring (bicyclic) bond motifs is 2. The molecule has 1 aliphatic heterocycles. The van der Waals surface area contributed by atoms with Crippen molar-refractivity contribution in [3.63, 3.8) is 0 Å². The molecule has 23 heavy (non-hydrogen) atoms. The van der Waals surface area contributed by atoms with Gasteiger partial charge in [0.05, 0.1) is 29.8 Å². The van der Waals surface area contributed by atoms with Crippen molar-refractivity contribution in [2.24, 2.45) is 0 Å². The summed E-state index contributed by atoms with van der Waals surface area (Å²) >= 11 is 0. The average Bonchev–Trinajstić information content (AvgIpc) is 2.62. The zero-order valence-electron chi connectivity index (χ0n) is 12.4. The predicted octanol–water partition coefficient (Wildman–Crippen LogP) is 1.56. The van der Waals surface area contributed by atoms with Crippen LogP contribution in [0.5, 0.6) is 0 Å². The summed E-state index contributed by atoms with van der Waals surface area (Å²) in [4.78, 5) is 19.3. The molecule has 0 spiro atoms. The van der Waals surface area contributed by atoms with Gasteiger partial charge in [0.2, 0.25) is 0 Å². The number of morpholine rings is 1. The molecule has 1 aromatic carbocycles. The van der Waals surface area contributed by atoms with Crippen molar-refractivity contribution in [2.75, 3.05) is 31.2 Å². The minimum atomic E-state index is -0.157. The van der Waals surface area contributed by atoms with Gasteiger partial charge < -0.3 is 9.64 Å². The minimum Gasteiger partial charge on any atom is -0.378 e. The molecule has 4 rings (SSSR count). The van der Waals surface area contributed by atoms with E-state index in [0.29, 0.717) is 35.3 Å². The second kappa shape index (κ2) is 5.38. The molecule has 0 saturated carbocycles. The van der Waals surface area contributed by atoms with Crippen molar-refractivity contribution in [3.05, 3.63) is 52.4 Å². The molecule has 1 aliphatic rings. The zero-order chi connectivity index (χ0) is 15.8. The van der Waals surface area contributed by atoms with Crippen molar-refractivity contribution in [2.45, 2.75) is 0 Å². The van der Waals surface area contributed by atoms with Gasteiger partial charge in [0.1, 0.15) is 11.6 Å². The first kappa shape index (κ1) is 13.7. The molecular formula is C17H14N4O2. The Morgan fingerprint density at radius 1 is 1.17 bits per heavy atom.